The minimum absolute atomic E-state index is 0.0480. The highest BCUT2D eigenvalue weighted by Gasteiger charge is 2.29. The van der Waals surface area contributed by atoms with Crippen LogP contribution in [-0.2, 0) is 14.3 Å². The number of hydrogen-bond donors (Lipinski definition) is 2. The van der Waals surface area contributed by atoms with Gasteiger partial charge in [0.05, 0.1) is 6.04 Å². The highest BCUT2D eigenvalue weighted by molar-refractivity contribution is 5.79. The lowest BCUT2D eigenvalue weighted by atomic mass is 10.1. The Morgan fingerprint density at radius 1 is 1.38 bits per heavy atom. The molecule has 0 saturated heterocycles. The summed E-state index contributed by atoms with van der Waals surface area (Å²) in [5.74, 6) is 0.103. The fourth-order valence-corrected chi connectivity index (χ4v) is 2.17. The molecule has 0 radical (unpaired) electrons. The number of ether oxygens (including phenoxy) is 2. The second kappa shape index (κ2) is 6.18. The molecule has 5 nitrogen and oxygen atoms in total. The molecule has 3 N–H and O–H groups in total. The number of methoxy groups -OCH3 is 2. The number of amides is 1. The van der Waals surface area contributed by atoms with Gasteiger partial charge in [-0.3, -0.25) is 4.79 Å². The van der Waals surface area contributed by atoms with Crippen molar-refractivity contribution in [2.24, 2.45) is 11.7 Å². The Morgan fingerprint density at radius 3 is 2.44 bits per heavy atom. The van der Waals surface area contributed by atoms with Crippen LogP contribution in [-0.4, -0.2) is 38.5 Å². The number of rotatable bonds is 5. The van der Waals surface area contributed by atoms with Crippen molar-refractivity contribution in [2.45, 2.75) is 44.6 Å². The van der Waals surface area contributed by atoms with Crippen LogP contribution in [0.1, 0.15) is 26.2 Å². The lowest BCUT2D eigenvalue weighted by Gasteiger charge is -2.23. The molecule has 5 heteroatoms. The Bertz CT molecular complexity index is 231. The van der Waals surface area contributed by atoms with Gasteiger partial charge in [0.1, 0.15) is 0 Å². The van der Waals surface area contributed by atoms with E-state index in [0.717, 1.165) is 19.3 Å². The molecule has 94 valence electrons. The monoisotopic (exact) mass is 230 g/mol. The van der Waals surface area contributed by atoms with Crippen LogP contribution >= 0.6 is 0 Å². The summed E-state index contributed by atoms with van der Waals surface area (Å²) in [4.78, 5) is 11.9. The summed E-state index contributed by atoms with van der Waals surface area (Å²) >= 11 is 0. The lowest BCUT2D eigenvalue weighted by Crippen LogP contribution is -2.45. The van der Waals surface area contributed by atoms with Gasteiger partial charge in [0.25, 0.3) is 0 Å². The quantitative estimate of drug-likeness (QED) is 0.663. The summed E-state index contributed by atoms with van der Waals surface area (Å²) in [6, 6.07) is 0.0195. The molecule has 16 heavy (non-hydrogen) atoms. The van der Waals surface area contributed by atoms with Crippen LogP contribution in [0.4, 0.5) is 0 Å². The zero-order valence-electron chi connectivity index (χ0n) is 10.2. The van der Waals surface area contributed by atoms with E-state index < -0.39 is 6.29 Å². The number of nitrogens with two attached hydrogens (primary N) is 1. The van der Waals surface area contributed by atoms with Gasteiger partial charge in [-0.15, -0.1) is 0 Å². The van der Waals surface area contributed by atoms with Crippen LogP contribution in [0.3, 0.4) is 0 Å². The summed E-state index contributed by atoms with van der Waals surface area (Å²) in [5, 5.41) is 2.90. The van der Waals surface area contributed by atoms with E-state index in [4.69, 9.17) is 15.2 Å². The van der Waals surface area contributed by atoms with Crippen LogP contribution in [0.5, 0.6) is 0 Å². The molecule has 1 aliphatic carbocycles. The molecule has 3 unspecified atom stereocenters. The molecule has 0 aliphatic heterocycles. The topological polar surface area (TPSA) is 73.6 Å². The first kappa shape index (κ1) is 13.4. The van der Waals surface area contributed by atoms with E-state index in [2.05, 4.69) is 5.32 Å². The Balaban J connectivity index is 2.38. The third-order valence-electron chi connectivity index (χ3n) is 3.09. The van der Waals surface area contributed by atoms with Crippen molar-refractivity contribution in [3.8, 4) is 0 Å². The highest BCUT2D eigenvalue weighted by atomic mass is 16.7. The van der Waals surface area contributed by atoms with Crippen molar-refractivity contribution in [1.82, 2.24) is 5.32 Å². The number of hydrogen-bond acceptors (Lipinski definition) is 4. The Labute approximate surface area is 96.7 Å². The molecule has 1 amide bonds. The van der Waals surface area contributed by atoms with Gasteiger partial charge in [-0.25, -0.2) is 0 Å². The number of carbonyl (C=O) groups is 1. The van der Waals surface area contributed by atoms with Gasteiger partial charge in [0.15, 0.2) is 6.29 Å². The SMILES string of the molecule is COC(OC)C(C)NC(=O)C1CCC(N)C1. The van der Waals surface area contributed by atoms with Crippen LogP contribution < -0.4 is 11.1 Å². The van der Waals surface area contributed by atoms with E-state index in [1.165, 1.54) is 0 Å². The normalized spacial score (nSPS) is 27.1. The van der Waals surface area contributed by atoms with E-state index in [9.17, 15) is 4.79 Å². The summed E-state index contributed by atoms with van der Waals surface area (Å²) < 4.78 is 10.2. The highest BCUT2D eigenvalue weighted by Crippen LogP contribution is 2.24. The standard InChI is InChI=1S/C11H22N2O3/c1-7(11(15-2)16-3)13-10(14)8-4-5-9(12)6-8/h7-9,11H,4-6,12H2,1-3H3,(H,13,14). The van der Waals surface area contributed by atoms with Gasteiger partial charge in [-0.05, 0) is 26.2 Å². The number of nitrogens with one attached hydrogen (secondary N) is 1. The summed E-state index contributed by atoms with van der Waals surface area (Å²) in [7, 11) is 3.12. The molecule has 1 aliphatic rings. The van der Waals surface area contributed by atoms with E-state index in [1.807, 2.05) is 6.92 Å². The molecular formula is C11H22N2O3. The van der Waals surface area contributed by atoms with Crippen LogP contribution in [0.25, 0.3) is 0 Å². The fourth-order valence-electron chi connectivity index (χ4n) is 2.17. The molecule has 1 saturated carbocycles. The second-order valence-corrected chi connectivity index (χ2v) is 4.41. The first-order chi connectivity index (χ1) is 7.58. The first-order valence-electron chi connectivity index (χ1n) is 5.70. The van der Waals surface area contributed by atoms with Crippen molar-refractivity contribution in [1.29, 1.82) is 0 Å². The smallest absolute Gasteiger partial charge is 0.223 e. The summed E-state index contributed by atoms with van der Waals surface area (Å²) in [6.45, 7) is 1.87. The zero-order chi connectivity index (χ0) is 12.1. The summed E-state index contributed by atoms with van der Waals surface area (Å²) in [5.41, 5.74) is 5.78. The third kappa shape index (κ3) is 3.43. The van der Waals surface area contributed by atoms with E-state index >= 15 is 0 Å². The molecule has 0 aromatic heterocycles. The Hall–Kier alpha value is -0.650. The molecule has 0 spiro atoms. The maximum atomic E-state index is 11.9. The molecule has 0 aromatic rings. The maximum Gasteiger partial charge on any atom is 0.223 e. The van der Waals surface area contributed by atoms with Crippen molar-refractivity contribution in [3.05, 3.63) is 0 Å². The zero-order valence-corrected chi connectivity index (χ0v) is 10.2. The van der Waals surface area contributed by atoms with Crippen molar-refractivity contribution < 1.29 is 14.3 Å². The Kier molecular flexibility index (Phi) is 5.18. The van der Waals surface area contributed by atoms with Gasteiger partial charge in [-0.1, -0.05) is 0 Å². The van der Waals surface area contributed by atoms with E-state index in [-0.39, 0.29) is 23.9 Å². The van der Waals surface area contributed by atoms with Crippen molar-refractivity contribution in [2.75, 3.05) is 14.2 Å². The largest absolute Gasteiger partial charge is 0.354 e. The fraction of sp³-hybridized carbons (Fsp3) is 0.909. The van der Waals surface area contributed by atoms with E-state index in [1.54, 1.807) is 14.2 Å². The van der Waals surface area contributed by atoms with Crippen LogP contribution in [0, 0.1) is 5.92 Å². The van der Waals surface area contributed by atoms with Crippen molar-refractivity contribution >= 4 is 5.91 Å². The lowest BCUT2D eigenvalue weighted by molar-refractivity contribution is -0.138. The predicted octanol–water partition coefficient (Wildman–Crippen LogP) is 0.237. The van der Waals surface area contributed by atoms with Gasteiger partial charge in [-0.2, -0.15) is 0 Å². The van der Waals surface area contributed by atoms with Crippen molar-refractivity contribution in [3.63, 3.8) is 0 Å². The van der Waals surface area contributed by atoms with Crippen LogP contribution in [0.2, 0.25) is 0 Å². The average Bonchev–Trinajstić information content (AvgIpc) is 2.66. The van der Waals surface area contributed by atoms with Crippen LogP contribution in [0.15, 0.2) is 0 Å². The average molecular weight is 230 g/mol. The third-order valence-corrected chi connectivity index (χ3v) is 3.09. The minimum atomic E-state index is -0.404. The first-order valence-corrected chi connectivity index (χ1v) is 5.70. The molecular weight excluding hydrogens is 208 g/mol. The molecule has 3 atom stereocenters. The van der Waals surface area contributed by atoms with Gasteiger partial charge >= 0.3 is 0 Å². The molecule has 0 bridgehead atoms. The molecule has 0 heterocycles. The minimum Gasteiger partial charge on any atom is -0.354 e. The number of carbonyl (C=O) groups excluding carboxylic acids is 1. The van der Waals surface area contributed by atoms with Gasteiger partial charge < -0.3 is 20.5 Å². The van der Waals surface area contributed by atoms with E-state index in [0.29, 0.717) is 0 Å². The summed E-state index contributed by atoms with van der Waals surface area (Å²) in [6.07, 6.45) is 2.19. The predicted molar refractivity (Wildman–Crippen MR) is 60.7 cm³/mol. The second-order valence-electron chi connectivity index (χ2n) is 4.41. The van der Waals surface area contributed by atoms with Gasteiger partial charge in [0.2, 0.25) is 5.91 Å². The maximum absolute atomic E-state index is 11.9. The Morgan fingerprint density at radius 2 is 2.00 bits per heavy atom. The molecule has 1 rings (SSSR count). The molecule has 0 aromatic carbocycles. The van der Waals surface area contributed by atoms with Gasteiger partial charge in [0, 0.05) is 26.2 Å². The molecule has 1 fully saturated rings.